The lowest BCUT2D eigenvalue weighted by atomic mass is 9.90. The molecule has 1 aliphatic carbocycles. The smallest absolute Gasteiger partial charge is 0.412 e. The number of fused-ring (bicyclic) bond motifs is 1. The molecule has 3 aromatic heterocycles. The number of aromatic nitrogens is 4. The van der Waals surface area contributed by atoms with Gasteiger partial charge in [-0.3, -0.25) is 9.88 Å². The highest BCUT2D eigenvalue weighted by Crippen LogP contribution is 2.33. The standard InChI is InChI=1S/C30H35N7O3/c1-21-29(22(2)36-20-35-21)40-30(38)34-17-23-8-10-24(11-9-23)19-37(15-13-31-18-27-32-14-16-39-27)26-7-3-5-25-6-4-12-33-28(25)26/h4,6,8-12,14,16,20,26,31H,3,5,7,13,15,17-19H2,1-2H3,(H,34,38). The van der Waals surface area contributed by atoms with Gasteiger partial charge in [-0.1, -0.05) is 30.3 Å². The highest BCUT2D eigenvalue weighted by atomic mass is 16.6. The van der Waals surface area contributed by atoms with Gasteiger partial charge in [-0.05, 0) is 55.9 Å². The number of nitrogens with one attached hydrogen (secondary N) is 2. The minimum atomic E-state index is -0.531. The van der Waals surface area contributed by atoms with Crippen molar-refractivity contribution in [3.05, 3.63) is 101 Å². The van der Waals surface area contributed by atoms with Crippen molar-refractivity contribution in [2.24, 2.45) is 0 Å². The second kappa shape index (κ2) is 13.3. The van der Waals surface area contributed by atoms with Gasteiger partial charge in [0.15, 0.2) is 5.75 Å². The summed E-state index contributed by atoms with van der Waals surface area (Å²) in [6.45, 7) is 6.99. The highest BCUT2D eigenvalue weighted by Gasteiger charge is 2.27. The van der Waals surface area contributed by atoms with Gasteiger partial charge in [0.1, 0.15) is 12.6 Å². The fraction of sp³-hybridized carbons (Fsp3) is 0.367. The number of hydrogen-bond donors (Lipinski definition) is 2. The summed E-state index contributed by atoms with van der Waals surface area (Å²) in [7, 11) is 0. The minimum Gasteiger partial charge on any atom is -0.448 e. The maximum atomic E-state index is 12.4. The first-order valence-electron chi connectivity index (χ1n) is 13.7. The van der Waals surface area contributed by atoms with E-state index in [0.717, 1.165) is 44.5 Å². The first kappa shape index (κ1) is 27.4. The molecule has 3 heterocycles. The van der Waals surface area contributed by atoms with E-state index in [0.29, 0.717) is 36.1 Å². The normalized spacial score (nSPS) is 14.6. The van der Waals surface area contributed by atoms with E-state index in [1.165, 1.54) is 23.1 Å². The van der Waals surface area contributed by atoms with Gasteiger partial charge < -0.3 is 19.8 Å². The van der Waals surface area contributed by atoms with E-state index in [-0.39, 0.29) is 6.04 Å². The largest absolute Gasteiger partial charge is 0.448 e. The van der Waals surface area contributed by atoms with Crippen LogP contribution in [0.4, 0.5) is 4.79 Å². The van der Waals surface area contributed by atoms with Crippen LogP contribution in [0.5, 0.6) is 5.75 Å². The highest BCUT2D eigenvalue weighted by molar-refractivity contribution is 5.70. The molecule has 0 radical (unpaired) electrons. The van der Waals surface area contributed by atoms with Crippen LogP contribution in [-0.4, -0.2) is 44.0 Å². The molecule has 10 heteroatoms. The van der Waals surface area contributed by atoms with Crippen molar-refractivity contribution in [1.29, 1.82) is 0 Å². The number of nitrogens with zero attached hydrogens (tertiary/aromatic N) is 5. The van der Waals surface area contributed by atoms with Crippen molar-refractivity contribution in [3.63, 3.8) is 0 Å². The van der Waals surface area contributed by atoms with Crippen molar-refractivity contribution in [2.75, 3.05) is 13.1 Å². The topological polar surface area (TPSA) is 118 Å². The van der Waals surface area contributed by atoms with Crippen molar-refractivity contribution in [2.45, 2.75) is 58.8 Å². The Balaban J connectivity index is 1.20. The molecule has 1 atom stereocenters. The molecule has 0 spiro atoms. The molecule has 0 saturated heterocycles. The molecular formula is C30H35N7O3. The molecule has 0 aliphatic heterocycles. The van der Waals surface area contributed by atoms with Crippen LogP contribution in [0.1, 0.15) is 58.5 Å². The van der Waals surface area contributed by atoms with Gasteiger partial charge in [0.05, 0.1) is 35.9 Å². The zero-order chi connectivity index (χ0) is 27.7. The van der Waals surface area contributed by atoms with Crippen LogP contribution in [0, 0.1) is 13.8 Å². The van der Waals surface area contributed by atoms with E-state index in [1.807, 2.05) is 24.4 Å². The van der Waals surface area contributed by atoms with Gasteiger partial charge in [0, 0.05) is 32.4 Å². The third-order valence-electron chi connectivity index (χ3n) is 7.14. The molecule has 0 bridgehead atoms. The number of oxazole rings is 1. The van der Waals surface area contributed by atoms with Gasteiger partial charge in [-0.2, -0.15) is 0 Å². The Kier molecular flexibility index (Phi) is 9.10. The Hall–Kier alpha value is -4.15. The maximum Gasteiger partial charge on any atom is 0.412 e. The van der Waals surface area contributed by atoms with Crippen LogP contribution < -0.4 is 15.4 Å². The van der Waals surface area contributed by atoms with E-state index in [9.17, 15) is 4.79 Å². The number of benzene rings is 1. The van der Waals surface area contributed by atoms with Crippen LogP contribution in [0.25, 0.3) is 0 Å². The number of carbonyl (C=O) groups excluding carboxylic acids is 1. The number of amides is 1. The van der Waals surface area contributed by atoms with Crippen LogP contribution in [0.2, 0.25) is 0 Å². The molecule has 208 valence electrons. The number of rotatable bonds is 11. The average Bonchev–Trinajstić information content (AvgIpc) is 3.50. The lowest BCUT2D eigenvalue weighted by Gasteiger charge is -2.35. The molecule has 0 saturated carbocycles. The Morgan fingerprint density at radius 3 is 2.60 bits per heavy atom. The van der Waals surface area contributed by atoms with E-state index in [2.05, 4.69) is 48.7 Å². The molecule has 1 unspecified atom stereocenters. The summed E-state index contributed by atoms with van der Waals surface area (Å²) in [6, 6.07) is 12.8. The predicted molar refractivity (Wildman–Crippen MR) is 149 cm³/mol. The van der Waals surface area contributed by atoms with Gasteiger partial charge in [-0.15, -0.1) is 0 Å². The lowest BCUT2D eigenvalue weighted by molar-refractivity contribution is 0.166. The van der Waals surface area contributed by atoms with Gasteiger partial charge in [-0.25, -0.2) is 19.7 Å². The van der Waals surface area contributed by atoms with Gasteiger partial charge in [0.2, 0.25) is 5.89 Å². The Bertz CT molecular complexity index is 1370. The number of pyridine rings is 1. The predicted octanol–water partition coefficient (Wildman–Crippen LogP) is 4.43. The Labute approximate surface area is 234 Å². The first-order chi connectivity index (χ1) is 19.6. The Morgan fingerprint density at radius 1 is 1.02 bits per heavy atom. The van der Waals surface area contributed by atoms with Crippen LogP contribution in [0.15, 0.2) is 65.8 Å². The number of carbonyl (C=O) groups is 1. The molecule has 4 aromatic rings. The second-order valence-electron chi connectivity index (χ2n) is 9.96. The van der Waals surface area contributed by atoms with E-state index >= 15 is 0 Å². The first-order valence-corrected chi connectivity index (χ1v) is 13.7. The molecule has 1 amide bonds. The van der Waals surface area contributed by atoms with Crippen LogP contribution in [0.3, 0.4) is 0 Å². The summed E-state index contributed by atoms with van der Waals surface area (Å²) in [5.41, 5.74) is 5.98. The minimum absolute atomic E-state index is 0.262. The molecular weight excluding hydrogens is 506 g/mol. The quantitative estimate of drug-likeness (QED) is 0.266. The fourth-order valence-corrected chi connectivity index (χ4v) is 5.07. The van der Waals surface area contributed by atoms with Crippen molar-refractivity contribution >= 4 is 6.09 Å². The molecule has 1 aliphatic rings. The molecule has 2 N–H and O–H groups in total. The van der Waals surface area contributed by atoms with Crippen molar-refractivity contribution < 1.29 is 13.9 Å². The molecule has 10 nitrogen and oxygen atoms in total. The SMILES string of the molecule is Cc1ncnc(C)c1OC(=O)NCc1ccc(CN(CCNCc2ncco2)C2CCCc3cccnc32)cc1. The third-order valence-corrected chi connectivity index (χ3v) is 7.14. The van der Waals surface area contributed by atoms with E-state index in [1.54, 1.807) is 26.3 Å². The molecule has 0 fully saturated rings. The van der Waals surface area contributed by atoms with Crippen LogP contribution >= 0.6 is 0 Å². The molecule has 5 rings (SSSR count). The van der Waals surface area contributed by atoms with Gasteiger partial charge in [0.25, 0.3) is 0 Å². The van der Waals surface area contributed by atoms with Crippen molar-refractivity contribution in [1.82, 2.24) is 35.5 Å². The number of hydrogen-bond acceptors (Lipinski definition) is 9. The summed E-state index contributed by atoms with van der Waals surface area (Å²) in [5.74, 6) is 1.08. The summed E-state index contributed by atoms with van der Waals surface area (Å²) in [4.78, 5) is 32.0. The summed E-state index contributed by atoms with van der Waals surface area (Å²) in [5, 5.41) is 6.26. The van der Waals surface area contributed by atoms with Crippen molar-refractivity contribution in [3.8, 4) is 5.75 Å². The average molecular weight is 542 g/mol. The zero-order valence-electron chi connectivity index (χ0n) is 23.0. The molecule has 1 aromatic carbocycles. The molecule has 40 heavy (non-hydrogen) atoms. The van der Waals surface area contributed by atoms with Gasteiger partial charge >= 0.3 is 6.09 Å². The number of aryl methyl sites for hydroxylation is 3. The lowest BCUT2D eigenvalue weighted by Crippen LogP contribution is -2.36. The third kappa shape index (κ3) is 7.08. The monoisotopic (exact) mass is 541 g/mol. The maximum absolute atomic E-state index is 12.4. The zero-order valence-corrected chi connectivity index (χ0v) is 23.0. The Morgan fingerprint density at radius 2 is 1.82 bits per heavy atom. The summed E-state index contributed by atoms with van der Waals surface area (Å²) in [6.07, 6.45) is 9.39. The summed E-state index contributed by atoms with van der Waals surface area (Å²) < 4.78 is 10.8. The number of ether oxygens (including phenoxy) is 1. The van der Waals surface area contributed by atoms with Crippen LogP contribution in [-0.2, 0) is 26.1 Å². The van der Waals surface area contributed by atoms with E-state index < -0.39 is 6.09 Å². The second-order valence-corrected chi connectivity index (χ2v) is 9.96. The summed E-state index contributed by atoms with van der Waals surface area (Å²) >= 11 is 0. The fourth-order valence-electron chi connectivity index (χ4n) is 5.07. The van der Waals surface area contributed by atoms with E-state index in [4.69, 9.17) is 14.1 Å².